The summed E-state index contributed by atoms with van der Waals surface area (Å²) >= 11 is 1.86. The van der Waals surface area contributed by atoms with Crippen LogP contribution in [0.15, 0.2) is 76.0 Å². The largest absolute Gasteiger partial charge is 0.461 e. The topological polar surface area (TPSA) is 42.2 Å². The van der Waals surface area contributed by atoms with Crippen LogP contribution in [0.4, 0.5) is 0 Å². The zero-order chi connectivity index (χ0) is 17.8. The van der Waals surface area contributed by atoms with Gasteiger partial charge in [-0.1, -0.05) is 48.5 Å². The van der Waals surface area contributed by atoms with Crippen molar-refractivity contribution < 1.29 is 9.21 Å². The number of benzene rings is 2. The highest BCUT2D eigenvalue weighted by atomic mass is 32.2. The number of hydrogen-bond acceptors (Lipinski definition) is 3. The lowest BCUT2D eigenvalue weighted by molar-refractivity contribution is -0.121. The number of hydrogen-bond donors (Lipinski definition) is 1. The highest BCUT2D eigenvalue weighted by Crippen LogP contribution is 2.35. The number of nitrogens with one attached hydrogen (secondary N) is 1. The average molecular weight is 363 g/mol. The number of rotatable bonds is 5. The van der Waals surface area contributed by atoms with Crippen molar-refractivity contribution >= 4 is 17.7 Å². The summed E-state index contributed by atoms with van der Waals surface area (Å²) in [6.07, 6.45) is 2.03. The molecule has 0 radical (unpaired) electrons. The Kier molecular flexibility index (Phi) is 5.12. The standard InChI is InChI=1S/C22H21NO2S/c24-22(23-19-14-15-26-21-9-5-4-8-18(19)21)13-11-17-10-12-20(25-17)16-6-2-1-3-7-16/h1-10,12,19H,11,13-15H2,(H,23,24)/t19-/m0/s1. The van der Waals surface area contributed by atoms with Gasteiger partial charge in [-0.25, -0.2) is 0 Å². The van der Waals surface area contributed by atoms with Gasteiger partial charge in [0.15, 0.2) is 0 Å². The first-order valence-corrected chi connectivity index (χ1v) is 9.93. The third-order valence-electron chi connectivity index (χ3n) is 4.61. The normalized spacial score (nSPS) is 16.1. The second kappa shape index (κ2) is 7.83. The Balaban J connectivity index is 1.35. The van der Waals surface area contributed by atoms with E-state index in [-0.39, 0.29) is 11.9 Å². The predicted molar refractivity (Wildman–Crippen MR) is 105 cm³/mol. The van der Waals surface area contributed by atoms with Crippen molar-refractivity contribution in [2.75, 3.05) is 5.75 Å². The molecule has 1 aliphatic heterocycles. The van der Waals surface area contributed by atoms with Crippen LogP contribution >= 0.6 is 11.8 Å². The van der Waals surface area contributed by atoms with E-state index in [1.807, 2.05) is 60.3 Å². The van der Waals surface area contributed by atoms with Gasteiger partial charge in [0.25, 0.3) is 0 Å². The molecule has 1 atom stereocenters. The molecule has 3 aromatic rings. The molecule has 0 saturated heterocycles. The van der Waals surface area contributed by atoms with E-state index in [0.717, 1.165) is 29.3 Å². The van der Waals surface area contributed by atoms with Crippen molar-refractivity contribution in [3.05, 3.63) is 78.1 Å². The number of fused-ring (bicyclic) bond motifs is 1. The van der Waals surface area contributed by atoms with Crippen LogP contribution < -0.4 is 5.32 Å². The molecule has 0 spiro atoms. The summed E-state index contributed by atoms with van der Waals surface area (Å²) in [5.74, 6) is 2.81. The minimum Gasteiger partial charge on any atom is -0.461 e. The number of thioether (sulfide) groups is 1. The van der Waals surface area contributed by atoms with Crippen LogP contribution in [0.2, 0.25) is 0 Å². The Morgan fingerprint density at radius 3 is 2.73 bits per heavy atom. The molecule has 3 nitrogen and oxygen atoms in total. The van der Waals surface area contributed by atoms with E-state index in [4.69, 9.17) is 4.42 Å². The molecule has 26 heavy (non-hydrogen) atoms. The van der Waals surface area contributed by atoms with Crippen LogP contribution in [-0.4, -0.2) is 11.7 Å². The molecule has 2 aromatic carbocycles. The van der Waals surface area contributed by atoms with Crippen LogP contribution in [0.3, 0.4) is 0 Å². The minimum absolute atomic E-state index is 0.0781. The lowest BCUT2D eigenvalue weighted by Crippen LogP contribution is -2.30. The van der Waals surface area contributed by atoms with E-state index in [1.54, 1.807) is 0 Å². The number of carbonyl (C=O) groups is 1. The van der Waals surface area contributed by atoms with E-state index in [9.17, 15) is 4.79 Å². The summed E-state index contributed by atoms with van der Waals surface area (Å²) in [7, 11) is 0. The lowest BCUT2D eigenvalue weighted by atomic mass is 10.0. The smallest absolute Gasteiger partial charge is 0.220 e. The fraction of sp³-hybridized carbons (Fsp3) is 0.227. The fourth-order valence-corrected chi connectivity index (χ4v) is 4.39. The van der Waals surface area contributed by atoms with Crippen molar-refractivity contribution in [1.29, 1.82) is 0 Å². The van der Waals surface area contributed by atoms with Crippen molar-refractivity contribution in [2.45, 2.75) is 30.2 Å². The highest BCUT2D eigenvalue weighted by Gasteiger charge is 2.21. The van der Waals surface area contributed by atoms with Gasteiger partial charge in [-0.15, -0.1) is 11.8 Å². The monoisotopic (exact) mass is 363 g/mol. The maximum atomic E-state index is 12.4. The van der Waals surface area contributed by atoms with Gasteiger partial charge < -0.3 is 9.73 Å². The molecule has 1 aliphatic rings. The number of furan rings is 1. The Morgan fingerprint density at radius 2 is 1.85 bits per heavy atom. The highest BCUT2D eigenvalue weighted by molar-refractivity contribution is 7.99. The molecule has 0 unspecified atom stereocenters. The SMILES string of the molecule is O=C(CCc1ccc(-c2ccccc2)o1)N[C@H]1CCSc2ccccc21. The summed E-state index contributed by atoms with van der Waals surface area (Å²) in [6, 6.07) is 22.4. The summed E-state index contributed by atoms with van der Waals surface area (Å²) in [5, 5.41) is 3.19. The van der Waals surface area contributed by atoms with Crippen molar-refractivity contribution in [3.8, 4) is 11.3 Å². The summed E-state index contributed by atoms with van der Waals surface area (Å²) in [4.78, 5) is 13.7. The summed E-state index contributed by atoms with van der Waals surface area (Å²) < 4.78 is 5.88. The maximum Gasteiger partial charge on any atom is 0.220 e. The predicted octanol–water partition coefficient (Wildman–Crippen LogP) is 5.23. The van der Waals surface area contributed by atoms with Crippen LogP contribution in [-0.2, 0) is 11.2 Å². The number of carbonyl (C=O) groups excluding carboxylic acids is 1. The Bertz CT molecular complexity index is 888. The molecule has 4 heteroatoms. The Labute approximate surface area is 157 Å². The molecule has 0 aliphatic carbocycles. The molecule has 0 fully saturated rings. The van der Waals surface area contributed by atoms with Gasteiger partial charge in [0.1, 0.15) is 11.5 Å². The van der Waals surface area contributed by atoms with Crippen molar-refractivity contribution in [3.63, 3.8) is 0 Å². The molecule has 132 valence electrons. The zero-order valence-corrected chi connectivity index (χ0v) is 15.3. The second-order valence-corrected chi connectivity index (χ2v) is 7.56. The Hall–Kier alpha value is -2.46. The van der Waals surface area contributed by atoms with E-state index in [0.29, 0.717) is 12.8 Å². The molecule has 2 heterocycles. The first kappa shape index (κ1) is 17.0. The maximum absolute atomic E-state index is 12.4. The first-order valence-electron chi connectivity index (χ1n) is 8.95. The van der Waals surface area contributed by atoms with Crippen LogP contribution in [0.25, 0.3) is 11.3 Å². The third-order valence-corrected chi connectivity index (χ3v) is 5.73. The van der Waals surface area contributed by atoms with E-state index < -0.39 is 0 Å². The van der Waals surface area contributed by atoms with Gasteiger partial charge in [-0.3, -0.25) is 4.79 Å². The lowest BCUT2D eigenvalue weighted by Gasteiger charge is -2.25. The summed E-state index contributed by atoms with van der Waals surface area (Å²) in [6.45, 7) is 0. The number of aryl methyl sites for hydroxylation is 1. The molecular weight excluding hydrogens is 342 g/mol. The van der Waals surface area contributed by atoms with Gasteiger partial charge >= 0.3 is 0 Å². The molecule has 1 N–H and O–H groups in total. The molecular formula is C22H21NO2S. The molecule has 0 saturated carbocycles. The average Bonchev–Trinajstić information content (AvgIpc) is 3.17. The van der Waals surface area contributed by atoms with E-state index in [1.165, 1.54) is 10.5 Å². The van der Waals surface area contributed by atoms with Gasteiger partial charge in [0.2, 0.25) is 5.91 Å². The van der Waals surface area contributed by atoms with Crippen molar-refractivity contribution in [1.82, 2.24) is 5.32 Å². The molecule has 0 bridgehead atoms. The molecule has 4 rings (SSSR count). The Morgan fingerprint density at radius 1 is 1.04 bits per heavy atom. The minimum atomic E-state index is 0.0781. The van der Waals surface area contributed by atoms with Gasteiger partial charge in [-0.05, 0) is 30.2 Å². The zero-order valence-electron chi connectivity index (χ0n) is 14.5. The summed E-state index contributed by atoms with van der Waals surface area (Å²) in [5.41, 5.74) is 2.29. The third kappa shape index (κ3) is 3.86. The van der Waals surface area contributed by atoms with Crippen LogP contribution in [0, 0.1) is 0 Å². The van der Waals surface area contributed by atoms with Gasteiger partial charge in [-0.2, -0.15) is 0 Å². The van der Waals surface area contributed by atoms with Gasteiger partial charge in [0, 0.05) is 29.1 Å². The second-order valence-electron chi connectivity index (χ2n) is 6.43. The van der Waals surface area contributed by atoms with Crippen LogP contribution in [0.5, 0.6) is 0 Å². The first-order chi connectivity index (χ1) is 12.8. The van der Waals surface area contributed by atoms with E-state index in [2.05, 4.69) is 23.5 Å². The molecule has 1 amide bonds. The fourth-order valence-electron chi connectivity index (χ4n) is 3.27. The number of amides is 1. The van der Waals surface area contributed by atoms with E-state index >= 15 is 0 Å². The van der Waals surface area contributed by atoms with Crippen LogP contribution in [0.1, 0.15) is 30.2 Å². The molecule has 1 aromatic heterocycles. The quantitative estimate of drug-likeness (QED) is 0.675. The van der Waals surface area contributed by atoms with Gasteiger partial charge in [0.05, 0.1) is 6.04 Å². The van der Waals surface area contributed by atoms with Crippen molar-refractivity contribution in [2.24, 2.45) is 0 Å².